The number of alkyl carbamates (subject to hydrolysis) is 1. The Hall–Kier alpha value is -5.29. The molecular weight excluding hydrogens is 779 g/mol. The van der Waals surface area contributed by atoms with E-state index in [4.69, 9.17) is 20.0 Å². The second-order valence-electron chi connectivity index (χ2n) is 13.8. The number of rotatable bonds is 14. The number of carboxylic acid groups (broad SMARTS) is 1. The first-order valence-corrected chi connectivity index (χ1v) is 19.4. The van der Waals surface area contributed by atoms with Gasteiger partial charge < -0.3 is 35.8 Å². The van der Waals surface area contributed by atoms with Crippen molar-refractivity contribution < 1.29 is 43.4 Å². The number of carboxylic acids is 1. The molecule has 2 aliphatic heterocycles. The van der Waals surface area contributed by atoms with E-state index in [0.717, 1.165) is 28.2 Å². The molecule has 0 saturated carbocycles. The molecule has 0 bridgehead atoms. The summed E-state index contributed by atoms with van der Waals surface area (Å²) in [6.45, 7) is 10.7. The number of aromatic nitrogens is 6. The van der Waals surface area contributed by atoms with Crippen LogP contribution >= 0.6 is 35.1 Å². The fourth-order valence-corrected chi connectivity index (χ4v) is 7.84. The van der Waals surface area contributed by atoms with E-state index in [-0.39, 0.29) is 41.2 Å². The molecule has 0 radical (unpaired) electrons. The van der Waals surface area contributed by atoms with Crippen molar-refractivity contribution in [3.63, 3.8) is 0 Å². The number of oxime groups is 1. The first-order chi connectivity index (χ1) is 25.9. The van der Waals surface area contributed by atoms with Crippen LogP contribution in [-0.4, -0.2) is 116 Å². The lowest BCUT2D eigenvalue weighted by Gasteiger charge is -2.49. The number of nitrogens with two attached hydrogens (primary N) is 1. The standard InChI is InChI=1S/C32H39N11O9S3/c1-31(2,3)50-27(48)21(16-10-8-7-9-11-16)52-38-18(22-36-28(33)55-39-22)23(44)35-19-24(45)43-20(26(46)47)17(14-53-25(19)43)15-54-29-37-40-41-42(29)13-12-34-30(49)51-32(4,5)6/h7-11,19,21,25H,12-15H2,1-6H3,(H,34,49)(H,35,44)(H,46,47)(H2,33,36,39)/t19?,21?,25-/m1/s1. The molecule has 2 aliphatic rings. The van der Waals surface area contributed by atoms with E-state index in [2.05, 4.69) is 40.7 Å². The van der Waals surface area contributed by atoms with E-state index in [1.807, 2.05) is 0 Å². The number of anilines is 1. The maximum atomic E-state index is 13.7. The second kappa shape index (κ2) is 17.0. The zero-order valence-corrected chi connectivity index (χ0v) is 33.0. The van der Waals surface area contributed by atoms with Gasteiger partial charge in [0.05, 0.1) is 6.54 Å². The number of esters is 1. The predicted octanol–water partition coefficient (Wildman–Crippen LogP) is 1.97. The largest absolute Gasteiger partial charge is 0.477 e. The minimum atomic E-state index is -1.38. The summed E-state index contributed by atoms with van der Waals surface area (Å²) in [6, 6.07) is 7.22. The molecule has 4 heterocycles. The molecule has 1 saturated heterocycles. The summed E-state index contributed by atoms with van der Waals surface area (Å²) in [7, 11) is 0. The van der Waals surface area contributed by atoms with Crippen molar-refractivity contribution >= 4 is 75.7 Å². The van der Waals surface area contributed by atoms with E-state index in [1.165, 1.54) is 16.4 Å². The fraction of sp³-hybridized carbons (Fsp3) is 0.469. The molecule has 20 nitrogen and oxygen atoms in total. The lowest BCUT2D eigenvalue weighted by atomic mass is 10.0. The van der Waals surface area contributed by atoms with Crippen LogP contribution in [0.3, 0.4) is 0 Å². The summed E-state index contributed by atoms with van der Waals surface area (Å²) < 4.78 is 16.3. The van der Waals surface area contributed by atoms with Gasteiger partial charge in [-0.2, -0.15) is 9.36 Å². The summed E-state index contributed by atoms with van der Waals surface area (Å²) in [5, 5.41) is 30.6. The van der Waals surface area contributed by atoms with Crippen LogP contribution in [0.4, 0.5) is 9.93 Å². The third kappa shape index (κ3) is 10.5. The summed E-state index contributed by atoms with van der Waals surface area (Å²) in [4.78, 5) is 75.7. The number of aliphatic carboxylic acids is 1. The molecule has 0 spiro atoms. The molecule has 1 aromatic carbocycles. The van der Waals surface area contributed by atoms with Gasteiger partial charge in [-0.15, -0.1) is 16.9 Å². The number of ether oxygens (including phenoxy) is 2. The molecule has 5 rings (SSSR count). The number of hydrogen-bond acceptors (Lipinski definition) is 18. The van der Waals surface area contributed by atoms with Gasteiger partial charge in [-0.05, 0) is 57.5 Å². The van der Waals surface area contributed by atoms with Crippen LogP contribution in [0, 0.1) is 0 Å². The van der Waals surface area contributed by atoms with Crippen LogP contribution < -0.4 is 16.4 Å². The quantitative estimate of drug-likeness (QED) is 0.0595. The van der Waals surface area contributed by atoms with Crippen molar-refractivity contribution in [2.45, 2.75) is 82.0 Å². The topological polar surface area (TPSA) is 268 Å². The zero-order chi connectivity index (χ0) is 40.1. The zero-order valence-electron chi connectivity index (χ0n) is 30.5. The molecule has 23 heteroatoms. The van der Waals surface area contributed by atoms with Crippen LogP contribution in [0.15, 0.2) is 51.9 Å². The van der Waals surface area contributed by atoms with E-state index in [0.29, 0.717) is 16.3 Å². The number of hydrogen-bond donors (Lipinski definition) is 4. The molecule has 55 heavy (non-hydrogen) atoms. The molecule has 2 unspecified atom stereocenters. The summed E-state index contributed by atoms with van der Waals surface area (Å²) in [5.74, 6) is -3.58. The maximum absolute atomic E-state index is 13.7. The van der Waals surface area contributed by atoms with Gasteiger partial charge in [0, 0.05) is 35.1 Å². The molecular formula is C32H39N11O9S3. The molecule has 1 fully saturated rings. The highest BCUT2D eigenvalue weighted by Crippen LogP contribution is 2.41. The molecule has 2 aromatic heterocycles. The van der Waals surface area contributed by atoms with Gasteiger partial charge in [-0.3, -0.25) is 14.5 Å². The average Bonchev–Trinajstić information content (AvgIpc) is 3.74. The Morgan fingerprint density at radius 2 is 1.82 bits per heavy atom. The maximum Gasteiger partial charge on any atom is 0.407 e. The van der Waals surface area contributed by atoms with E-state index in [9.17, 15) is 29.1 Å². The number of thioether (sulfide) groups is 2. The molecule has 294 valence electrons. The van der Waals surface area contributed by atoms with Crippen molar-refractivity contribution in [2.75, 3.05) is 23.8 Å². The first kappa shape index (κ1) is 40.9. The Morgan fingerprint density at radius 1 is 1.11 bits per heavy atom. The molecule has 3 atom stereocenters. The lowest BCUT2D eigenvalue weighted by Crippen LogP contribution is -2.71. The molecule has 0 aliphatic carbocycles. The van der Waals surface area contributed by atoms with Gasteiger partial charge in [0.2, 0.25) is 22.8 Å². The first-order valence-electron chi connectivity index (χ1n) is 16.6. The molecule has 3 amide bonds. The van der Waals surface area contributed by atoms with Crippen LogP contribution in [0.1, 0.15) is 59.0 Å². The second-order valence-corrected chi connectivity index (χ2v) is 16.7. The predicted molar refractivity (Wildman–Crippen MR) is 199 cm³/mol. The number of fused-ring (bicyclic) bond motifs is 1. The Labute approximate surface area is 327 Å². The van der Waals surface area contributed by atoms with E-state index >= 15 is 0 Å². The van der Waals surface area contributed by atoms with Crippen LogP contribution in [-0.2, 0) is 40.0 Å². The Morgan fingerprint density at radius 3 is 2.45 bits per heavy atom. The summed E-state index contributed by atoms with van der Waals surface area (Å²) >= 11 is 3.20. The van der Waals surface area contributed by atoms with Crippen molar-refractivity contribution in [1.82, 2.24) is 45.1 Å². The smallest absolute Gasteiger partial charge is 0.407 e. The molecule has 5 N–H and O–H groups in total. The van der Waals surface area contributed by atoms with Gasteiger partial charge in [0.15, 0.2) is 5.13 Å². The normalized spacial score (nSPS) is 17.8. The summed E-state index contributed by atoms with van der Waals surface area (Å²) in [5.41, 5.74) is 4.40. The highest BCUT2D eigenvalue weighted by Gasteiger charge is 2.54. The van der Waals surface area contributed by atoms with Crippen LogP contribution in [0.5, 0.6) is 0 Å². The van der Waals surface area contributed by atoms with Gasteiger partial charge in [-0.25, -0.2) is 19.1 Å². The van der Waals surface area contributed by atoms with Gasteiger partial charge in [0.1, 0.15) is 28.3 Å². The fourth-order valence-electron chi connectivity index (χ4n) is 5.02. The SMILES string of the molecule is CC(C)(C)OC(=O)NCCn1nnnc1SCC1=C(C(=O)O)N2C(=O)C(NC(=O)C(=NOC(C(=O)OC(C)(C)C)c3ccccc3)c3nsc(N)n3)[C@H]2SC1. The van der Waals surface area contributed by atoms with Crippen molar-refractivity contribution in [1.29, 1.82) is 0 Å². The van der Waals surface area contributed by atoms with Gasteiger partial charge >= 0.3 is 18.0 Å². The lowest BCUT2D eigenvalue weighted by molar-refractivity contribution is -0.169. The third-order valence-electron chi connectivity index (χ3n) is 7.24. The third-order valence-corrected chi connectivity index (χ3v) is 10.2. The number of β-lactam (4-membered cyclic amide) rings is 1. The Balaban J connectivity index is 1.28. The highest BCUT2D eigenvalue weighted by atomic mass is 32.2. The van der Waals surface area contributed by atoms with Crippen molar-refractivity contribution in [3.8, 4) is 0 Å². The van der Waals surface area contributed by atoms with Crippen molar-refractivity contribution in [2.24, 2.45) is 5.16 Å². The number of nitrogens with one attached hydrogen (secondary N) is 2. The minimum Gasteiger partial charge on any atom is -0.477 e. The Kier molecular flexibility index (Phi) is 12.7. The van der Waals surface area contributed by atoms with Crippen molar-refractivity contribution in [3.05, 3.63) is 53.0 Å². The average molecular weight is 818 g/mol. The minimum absolute atomic E-state index is 0.0177. The van der Waals surface area contributed by atoms with Gasteiger partial charge in [0.25, 0.3) is 11.8 Å². The number of carbonyl (C=O) groups is 5. The number of tetrazole rings is 1. The van der Waals surface area contributed by atoms with E-state index in [1.54, 1.807) is 71.9 Å². The summed E-state index contributed by atoms with van der Waals surface area (Å²) in [6.07, 6.45) is -1.98. The highest BCUT2D eigenvalue weighted by molar-refractivity contribution is 8.01. The van der Waals surface area contributed by atoms with Gasteiger partial charge in [-0.1, -0.05) is 47.2 Å². The van der Waals surface area contributed by atoms with E-state index < -0.39 is 64.3 Å². The Bertz CT molecular complexity index is 1990. The number of nitrogen functional groups attached to an aromatic ring is 1. The van der Waals surface area contributed by atoms with Crippen LogP contribution in [0.2, 0.25) is 0 Å². The molecule has 3 aromatic rings. The van der Waals surface area contributed by atoms with Crippen LogP contribution in [0.25, 0.3) is 0 Å². The number of amides is 3. The number of nitrogens with zero attached hydrogens (tertiary/aromatic N) is 8. The number of carbonyl (C=O) groups excluding carboxylic acids is 4. The monoisotopic (exact) mass is 817 g/mol. The number of benzene rings is 1.